The molecule has 1 saturated carbocycles. The van der Waals surface area contributed by atoms with E-state index in [1.165, 1.54) is 17.7 Å². The fourth-order valence-electron chi connectivity index (χ4n) is 3.30. The van der Waals surface area contributed by atoms with Gasteiger partial charge >= 0.3 is 12.1 Å². The van der Waals surface area contributed by atoms with Crippen LogP contribution >= 0.6 is 0 Å². The Morgan fingerprint density at radius 1 is 0.880 bits per heavy atom. The van der Waals surface area contributed by atoms with E-state index in [0.29, 0.717) is 5.92 Å². The first kappa shape index (κ1) is 17.5. The number of esters is 1. The lowest BCUT2D eigenvalue weighted by Crippen LogP contribution is -2.25. The molecule has 0 saturated heterocycles. The molecule has 5 heteroatoms. The van der Waals surface area contributed by atoms with Crippen molar-refractivity contribution in [2.24, 2.45) is 5.92 Å². The second-order valence-corrected chi connectivity index (χ2v) is 6.40. The van der Waals surface area contributed by atoms with Gasteiger partial charge in [-0.05, 0) is 61.4 Å². The zero-order valence-electron chi connectivity index (χ0n) is 13.6. The summed E-state index contributed by atoms with van der Waals surface area (Å²) in [4.78, 5) is 12.2. The van der Waals surface area contributed by atoms with Gasteiger partial charge in [-0.3, -0.25) is 4.79 Å². The maximum atomic E-state index is 12.5. The summed E-state index contributed by atoms with van der Waals surface area (Å²) in [7, 11) is 0. The highest BCUT2D eigenvalue weighted by Gasteiger charge is 2.31. The number of carbonyl (C=O) groups excluding carboxylic acids is 1. The van der Waals surface area contributed by atoms with Gasteiger partial charge in [-0.25, -0.2) is 0 Å². The van der Waals surface area contributed by atoms with Crippen LogP contribution in [0.25, 0.3) is 0 Å². The smallest absolute Gasteiger partial charge is 0.416 e. The molecule has 1 aliphatic rings. The van der Waals surface area contributed by atoms with E-state index in [1.54, 1.807) is 0 Å². The van der Waals surface area contributed by atoms with Gasteiger partial charge in [-0.2, -0.15) is 13.2 Å². The number of rotatable bonds is 3. The highest BCUT2D eigenvalue weighted by molar-refractivity contribution is 5.75. The lowest BCUT2D eigenvalue weighted by Gasteiger charge is -2.27. The van der Waals surface area contributed by atoms with Gasteiger partial charge in [0.1, 0.15) is 5.75 Å². The number of hydrogen-bond acceptors (Lipinski definition) is 2. The Bertz CT molecular complexity index is 700. The summed E-state index contributed by atoms with van der Waals surface area (Å²) in [5.41, 5.74) is 0.535. The molecule has 0 amide bonds. The van der Waals surface area contributed by atoms with E-state index >= 15 is 0 Å². The minimum absolute atomic E-state index is 0.156. The standard InChI is InChI=1S/C20H19F3O2/c21-20(22,23)17-10-12-18(13-11-17)25-19(24)16-8-6-15(7-9-16)14-4-2-1-3-5-14/h1-5,10-13,15-16H,6-9H2/t15-,16-. The summed E-state index contributed by atoms with van der Waals surface area (Å²) in [6.45, 7) is 0. The van der Waals surface area contributed by atoms with Crippen molar-refractivity contribution in [2.45, 2.75) is 37.8 Å². The summed E-state index contributed by atoms with van der Waals surface area (Å²) >= 11 is 0. The maximum absolute atomic E-state index is 12.5. The van der Waals surface area contributed by atoms with Gasteiger partial charge in [0.05, 0.1) is 11.5 Å². The van der Waals surface area contributed by atoms with Crippen molar-refractivity contribution >= 4 is 5.97 Å². The van der Waals surface area contributed by atoms with E-state index < -0.39 is 11.7 Å². The van der Waals surface area contributed by atoms with Gasteiger partial charge in [0.15, 0.2) is 0 Å². The van der Waals surface area contributed by atoms with Crippen LogP contribution < -0.4 is 4.74 Å². The van der Waals surface area contributed by atoms with E-state index in [2.05, 4.69) is 12.1 Å². The van der Waals surface area contributed by atoms with Crippen molar-refractivity contribution < 1.29 is 22.7 Å². The van der Waals surface area contributed by atoms with Crippen LogP contribution in [0.1, 0.15) is 42.7 Å². The fraction of sp³-hybridized carbons (Fsp3) is 0.350. The van der Waals surface area contributed by atoms with Gasteiger partial charge in [-0.15, -0.1) is 0 Å². The van der Waals surface area contributed by atoms with Crippen LogP contribution in [-0.2, 0) is 11.0 Å². The summed E-state index contributed by atoms with van der Waals surface area (Å²) in [5, 5.41) is 0. The molecule has 2 aromatic rings. The first-order valence-corrected chi connectivity index (χ1v) is 8.37. The third kappa shape index (κ3) is 4.41. The van der Waals surface area contributed by atoms with Crippen LogP contribution in [0.4, 0.5) is 13.2 Å². The molecule has 0 atom stereocenters. The summed E-state index contributed by atoms with van der Waals surface area (Å²) < 4.78 is 42.9. The monoisotopic (exact) mass is 348 g/mol. The average Bonchev–Trinajstić information content (AvgIpc) is 2.62. The summed E-state index contributed by atoms with van der Waals surface area (Å²) in [6, 6.07) is 14.4. The molecular weight excluding hydrogens is 329 g/mol. The molecule has 1 fully saturated rings. The van der Waals surface area contributed by atoms with Gasteiger partial charge in [0.25, 0.3) is 0 Å². The fourth-order valence-corrected chi connectivity index (χ4v) is 3.30. The molecule has 0 aliphatic heterocycles. The Hall–Kier alpha value is -2.30. The molecule has 132 valence electrons. The molecule has 0 aromatic heterocycles. The molecule has 3 rings (SSSR count). The molecule has 0 spiro atoms. The number of carbonyl (C=O) groups is 1. The first-order valence-electron chi connectivity index (χ1n) is 8.37. The van der Waals surface area contributed by atoms with Crippen molar-refractivity contribution in [3.63, 3.8) is 0 Å². The number of halogens is 3. The van der Waals surface area contributed by atoms with E-state index in [1.807, 2.05) is 18.2 Å². The van der Waals surface area contributed by atoms with Crippen molar-refractivity contribution in [1.29, 1.82) is 0 Å². The second-order valence-electron chi connectivity index (χ2n) is 6.40. The van der Waals surface area contributed by atoms with Gasteiger partial charge in [0, 0.05) is 0 Å². The van der Waals surface area contributed by atoms with Crippen LogP contribution in [0.15, 0.2) is 54.6 Å². The van der Waals surface area contributed by atoms with Crippen LogP contribution in [0, 0.1) is 5.92 Å². The third-order valence-corrected chi connectivity index (χ3v) is 4.73. The van der Waals surface area contributed by atoms with Crippen molar-refractivity contribution in [3.8, 4) is 5.75 Å². The Kier molecular flexibility index (Phi) is 5.11. The number of ether oxygens (including phenoxy) is 1. The van der Waals surface area contributed by atoms with Crippen molar-refractivity contribution in [2.75, 3.05) is 0 Å². The highest BCUT2D eigenvalue weighted by atomic mass is 19.4. The Balaban J connectivity index is 1.54. The zero-order chi connectivity index (χ0) is 17.9. The maximum Gasteiger partial charge on any atom is 0.416 e. The lowest BCUT2D eigenvalue weighted by atomic mass is 9.79. The minimum atomic E-state index is -4.39. The SMILES string of the molecule is O=C(Oc1ccc(C(F)(F)F)cc1)[C@H]1CC[C@H](c2ccccc2)CC1. The quantitative estimate of drug-likeness (QED) is 0.534. The van der Waals surface area contributed by atoms with Crippen LogP contribution in [-0.4, -0.2) is 5.97 Å². The Morgan fingerprint density at radius 3 is 2.04 bits per heavy atom. The predicted octanol–water partition coefficient (Wildman–Crippen LogP) is 5.58. The molecule has 1 aliphatic carbocycles. The highest BCUT2D eigenvalue weighted by Crippen LogP contribution is 2.36. The normalized spacial score (nSPS) is 20.9. The lowest BCUT2D eigenvalue weighted by molar-refractivity contribution is -0.140. The molecule has 0 unspecified atom stereocenters. The van der Waals surface area contributed by atoms with Crippen LogP contribution in [0.2, 0.25) is 0 Å². The van der Waals surface area contributed by atoms with E-state index in [9.17, 15) is 18.0 Å². The van der Waals surface area contributed by atoms with Gasteiger partial charge in [-0.1, -0.05) is 30.3 Å². The van der Waals surface area contributed by atoms with E-state index in [-0.39, 0.29) is 17.6 Å². The van der Waals surface area contributed by atoms with Crippen molar-refractivity contribution in [1.82, 2.24) is 0 Å². The van der Waals surface area contributed by atoms with Gasteiger partial charge in [0.2, 0.25) is 0 Å². The van der Waals surface area contributed by atoms with Gasteiger partial charge < -0.3 is 4.74 Å². The van der Waals surface area contributed by atoms with E-state index in [4.69, 9.17) is 4.74 Å². The molecule has 2 nitrogen and oxygen atoms in total. The van der Waals surface area contributed by atoms with Crippen LogP contribution in [0.5, 0.6) is 5.75 Å². The number of alkyl halides is 3. The summed E-state index contributed by atoms with van der Waals surface area (Å²) in [6.07, 6.45) is -1.09. The first-order chi connectivity index (χ1) is 11.9. The number of hydrogen-bond donors (Lipinski definition) is 0. The molecule has 0 heterocycles. The van der Waals surface area contributed by atoms with Crippen molar-refractivity contribution in [3.05, 3.63) is 65.7 Å². The Morgan fingerprint density at radius 2 is 1.48 bits per heavy atom. The average molecular weight is 348 g/mol. The van der Waals surface area contributed by atoms with E-state index in [0.717, 1.165) is 37.8 Å². The second kappa shape index (κ2) is 7.30. The molecule has 25 heavy (non-hydrogen) atoms. The number of benzene rings is 2. The largest absolute Gasteiger partial charge is 0.426 e. The third-order valence-electron chi connectivity index (χ3n) is 4.73. The van der Waals surface area contributed by atoms with Crippen LogP contribution in [0.3, 0.4) is 0 Å². The molecule has 0 N–H and O–H groups in total. The summed E-state index contributed by atoms with van der Waals surface area (Å²) in [5.74, 6) is 0.0630. The molecule has 0 radical (unpaired) electrons. The predicted molar refractivity (Wildman–Crippen MR) is 88.2 cm³/mol. The molecular formula is C20H19F3O2. The Labute approximate surface area is 144 Å². The minimum Gasteiger partial charge on any atom is -0.426 e. The zero-order valence-corrected chi connectivity index (χ0v) is 13.6. The topological polar surface area (TPSA) is 26.3 Å². The molecule has 2 aromatic carbocycles. The molecule has 0 bridgehead atoms.